The molecule has 0 radical (unpaired) electrons. The van der Waals surface area contributed by atoms with Crippen LogP contribution in [0.3, 0.4) is 0 Å². The van der Waals surface area contributed by atoms with Crippen molar-refractivity contribution < 1.29 is 5.11 Å². The Morgan fingerprint density at radius 1 is 1.73 bits per heavy atom. The Balaban J connectivity index is 2.20. The fourth-order valence-electron chi connectivity index (χ4n) is 1.63. The third-order valence-corrected chi connectivity index (χ3v) is 3.68. The summed E-state index contributed by atoms with van der Waals surface area (Å²) in [5, 5.41) is 9.85. The summed E-state index contributed by atoms with van der Waals surface area (Å²) in [5.41, 5.74) is -0.736. The van der Waals surface area contributed by atoms with E-state index in [4.69, 9.17) is 0 Å². The molecule has 0 spiro atoms. The normalized spacial score (nSPS) is 18.7. The first-order valence-electron chi connectivity index (χ1n) is 4.76. The van der Waals surface area contributed by atoms with E-state index in [9.17, 15) is 9.90 Å². The van der Waals surface area contributed by atoms with Gasteiger partial charge in [0.2, 0.25) is 0 Å². The van der Waals surface area contributed by atoms with Crippen molar-refractivity contribution in [3.63, 3.8) is 0 Å². The van der Waals surface area contributed by atoms with Gasteiger partial charge in [-0.05, 0) is 29.0 Å². The average Bonchev–Trinajstić information content (AvgIpc) is 2.18. The highest BCUT2D eigenvalue weighted by atomic mass is 127. The van der Waals surface area contributed by atoms with E-state index in [0.717, 1.165) is 6.42 Å². The topological polar surface area (TPSA) is 69.2 Å². The third kappa shape index (κ3) is 1.87. The molecule has 1 saturated heterocycles. The Hall–Kier alpha value is -0.630. The van der Waals surface area contributed by atoms with Crippen molar-refractivity contribution >= 4 is 28.4 Å². The maximum Gasteiger partial charge on any atom is 0.266 e. The summed E-state index contributed by atoms with van der Waals surface area (Å²) < 4.78 is 0.577. The van der Waals surface area contributed by atoms with Gasteiger partial charge in [-0.3, -0.25) is 4.79 Å². The summed E-state index contributed by atoms with van der Waals surface area (Å²) >= 11 is 1.97. The predicted molar refractivity (Wildman–Crippen MR) is 65.0 cm³/mol. The highest BCUT2D eigenvalue weighted by Crippen LogP contribution is 2.29. The van der Waals surface area contributed by atoms with Crippen molar-refractivity contribution in [2.75, 3.05) is 18.0 Å². The van der Waals surface area contributed by atoms with Crippen molar-refractivity contribution in [1.29, 1.82) is 0 Å². The van der Waals surface area contributed by atoms with Gasteiger partial charge in [0.15, 0.2) is 0 Å². The molecule has 1 aliphatic heterocycles. The molecule has 1 aromatic heterocycles. The third-order valence-electron chi connectivity index (χ3n) is 2.71. The van der Waals surface area contributed by atoms with Crippen LogP contribution >= 0.6 is 22.6 Å². The Bertz CT molecular complexity index is 426. The lowest BCUT2D eigenvalue weighted by Gasteiger charge is -2.46. The Kier molecular flexibility index (Phi) is 2.72. The molecule has 1 fully saturated rings. The lowest BCUT2D eigenvalue weighted by atomic mass is 9.91. The maximum absolute atomic E-state index is 11.3. The van der Waals surface area contributed by atoms with Gasteiger partial charge in [-0.25, -0.2) is 4.98 Å². The van der Waals surface area contributed by atoms with Gasteiger partial charge < -0.3 is 15.0 Å². The summed E-state index contributed by atoms with van der Waals surface area (Å²) in [4.78, 5) is 19.9. The number of nitrogens with one attached hydrogen (secondary N) is 1. The van der Waals surface area contributed by atoms with Crippen molar-refractivity contribution in [2.45, 2.75) is 18.9 Å². The smallest absolute Gasteiger partial charge is 0.266 e. The molecule has 5 nitrogen and oxygen atoms in total. The molecule has 0 unspecified atom stereocenters. The molecule has 2 heterocycles. The van der Waals surface area contributed by atoms with Gasteiger partial charge >= 0.3 is 0 Å². The Morgan fingerprint density at radius 2 is 2.40 bits per heavy atom. The van der Waals surface area contributed by atoms with Crippen LogP contribution in [0.5, 0.6) is 0 Å². The van der Waals surface area contributed by atoms with E-state index in [0.29, 0.717) is 22.5 Å². The molecule has 1 aliphatic rings. The van der Waals surface area contributed by atoms with Crippen LogP contribution in [0, 0.1) is 3.57 Å². The number of rotatable bonds is 2. The van der Waals surface area contributed by atoms with E-state index in [1.54, 1.807) is 0 Å². The first kappa shape index (κ1) is 10.9. The molecular weight excluding hydrogens is 309 g/mol. The van der Waals surface area contributed by atoms with Crippen LogP contribution in [0.2, 0.25) is 0 Å². The number of β-amino-alcohol motifs (C(OH)–C–C–N with tert-alkyl or cyclic N) is 1. The molecule has 0 atom stereocenters. The summed E-state index contributed by atoms with van der Waals surface area (Å²) in [7, 11) is 0. The molecule has 82 valence electrons. The number of anilines is 1. The number of aromatic nitrogens is 2. The van der Waals surface area contributed by atoms with Gasteiger partial charge in [0, 0.05) is 13.1 Å². The van der Waals surface area contributed by atoms with Gasteiger partial charge in [-0.2, -0.15) is 0 Å². The lowest BCUT2D eigenvalue weighted by molar-refractivity contribution is 0.00794. The quantitative estimate of drug-likeness (QED) is 0.771. The van der Waals surface area contributed by atoms with Crippen LogP contribution in [0.1, 0.15) is 13.3 Å². The van der Waals surface area contributed by atoms with E-state index >= 15 is 0 Å². The first-order chi connectivity index (χ1) is 7.06. The second-order valence-corrected chi connectivity index (χ2v) is 4.88. The second-order valence-electron chi connectivity index (χ2n) is 3.80. The van der Waals surface area contributed by atoms with Crippen molar-refractivity contribution in [3.8, 4) is 0 Å². The summed E-state index contributed by atoms with van der Waals surface area (Å²) in [5.74, 6) is 0.664. The van der Waals surface area contributed by atoms with Gasteiger partial charge in [-0.15, -0.1) is 0 Å². The number of nitrogens with zero attached hydrogens (tertiary/aromatic N) is 2. The molecule has 2 rings (SSSR count). The summed E-state index contributed by atoms with van der Waals surface area (Å²) in [6.07, 6.45) is 2.12. The molecule has 0 amide bonds. The molecule has 15 heavy (non-hydrogen) atoms. The zero-order valence-corrected chi connectivity index (χ0v) is 10.5. The zero-order chi connectivity index (χ0) is 11.1. The number of hydrogen-bond acceptors (Lipinski definition) is 4. The van der Waals surface area contributed by atoms with Crippen molar-refractivity contribution in [3.05, 3.63) is 20.3 Å². The second kappa shape index (κ2) is 3.75. The Labute approximate surface area is 101 Å². The minimum absolute atomic E-state index is 0.132. The number of aromatic amines is 1. The van der Waals surface area contributed by atoms with Gasteiger partial charge in [0.05, 0.1) is 11.9 Å². The highest BCUT2D eigenvalue weighted by Gasteiger charge is 2.40. The van der Waals surface area contributed by atoms with E-state index in [-0.39, 0.29) is 5.56 Å². The van der Waals surface area contributed by atoms with Crippen LogP contribution in [0.15, 0.2) is 11.1 Å². The van der Waals surface area contributed by atoms with Crippen molar-refractivity contribution in [1.82, 2.24) is 9.97 Å². The number of halogens is 1. The van der Waals surface area contributed by atoms with E-state index < -0.39 is 5.60 Å². The molecule has 1 aromatic rings. The predicted octanol–water partition coefficient (Wildman–Crippen LogP) is 0.336. The number of hydrogen-bond donors (Lipinski definition) is 2. The molecule has 0 bridgehead atoms. The summed E-state index contributed by atoms with van der Waals surface area (Å²) in [6.45, 7) is 3.06. The minimum atomic E-state index is -0.604. The SMILES string of the molecule is CCC1(O)CN(c2nc[nH]c(=O)c2I)C1. The van der Waals surface area contributed by atoms with Gasteiger partial charge in [-0.1, -0.05) is 6.92 Å². The number of H-pyrrole nitrogens is 1. The first-order valence-corrected chi connectivity index (χ1v) is 5.84. The maximum atomic E-state index is 11.3. The van der Waals surface area contributed by atoms with Crippen molar-refractivity contribution in [2.24, 2.45) is 0 Å². The van der Waals surface area contributed by atoms with Crippen LogP contribution in [0.25, 0.3) is 0 Å². The van der Waals surface area contributed by atoms with E-state index in [1.165, 1.54) is 6.33 Å². The minimum Gasteiger partial charge on any atom is -0.386 e. The van der Waals surface area contributed by atoms with Crippen LogP contribution in [-0.2, 0) is 0 Å². The zero-order valence-electron chi connectivity index (χ0n) is 8.33. The monoisotopic (exact) mass is 321 g/mol. The largest absolute Gasteiger partial charge is 0.386 e. The standard InChI is InChI=1S/C9H12IN3O2/c1-2-9(15)3-13(4-9)7-6(10)8(14)12-5-11-7/h5,15H,2-4H2,1H3,(H,11,12,14). The lowest BCUT2D eigenvalue weighted by Crippen LogP contribution is -2.62. The average molecular weight is 321 g/mol. The highest BCUT2D eigenvalue weighted by molar-refractivity contribution is 14.1. The van der Waals surface area contributed by atoms with E-state index in [1.807, 2.05) is 34.4 Å². The fourth-order valence-corrected chi connectivity index (χ4v) is 2.27. The van der Waals surface area contributed by atoms with E-state index in [2.05, 4.69) is 9.97 Å². The molecule has 0 aliphatic carbocycles. The van der Waals surface area contributed by atoms with Crippen LogP contribution < -0.4 is 10.5 Å². The molecule has 0 saturated carbocycles. The molecule has 2 N–H and O–H groups in total. The fraction of sp³-hybridized carbons (Fsp3) is 0.556. The number of aliphatic hydroxyl groups is 1. The van der Waals surface area contributed by atoms with Crippen LogP contribution in [-0.4, -0.2) is 33.8 Å². The Morgan fingerprint density at radius 3 is 3.00 bits per heavy atom. The summed E-state index contributed by atoms with van der Waals surface area (Å²) in [6, 6.07) is 0. The van der Waals surface area contributed by atoms with Gasteiger partial charge in [0.1, 0.15) is 9.39 Å². The molecule has 6 heteroatoms. The van der Waals surface area contributed by atoms with Crippen LogP contribution in [0.4, 0.5) is 5.82 Å². The molecular formula is C9H12IN3O2. The molecule has 0 aromatic carbocycles. The van der Waals surface area contributed by atoms with Gasteiger partial charge in [0.25, 0.3) is 5.56 Å².